The number of nitrogens with zero attached hydrogens (tertiary/aromatic N) is 1. The number of piperidine rings is 1. The Hall–Kier alpha value is -0.610. The Bertz CT molecular complexity index is 302. The normalized spacial score (nSPS) is 41.2. The van der Waals surface area contributed by atoms with Crippen LogP contribution in [-0.2, 0) is 9.53 Å². The summed E-state index contributed by atoms with van der Waals surface area (Å²) in [6.07, 6.45) is 7.00. The first-order valence-electron chi connectivity index (χ1n) is 6.86. The molecule has 17 heavy (non-hydrogen) atoms. The van der Waals surface area contributed by atoms with Crippen LogP contribution in [0.25, 0.3) is 0 Å². The van der Waals surface area contributed by atoms with Crippen molar-refractivity contribution < 1.29 is 9.53 Å². The number of fused-ring (bicyclic) bond motifs is 1. The van der Waals surface area contributed by atoms with Crippen molar-refractivity contribution in [2.24, 2.45) is 0 Å². The van der Waals surface area contributed by atoms with Gasteiger partial charge in [0, 0.05) is 38.2 Å². The molecule has 0 aromatic carbocycles. The van der Waals surface area contributed by atoms with Crippen molar-refractivity contribution in [1.29, 1.82) is 0 Å². The van der Waals surface area contributed by atoms with Crippen LogP contribution in [0, 0.1) is 0 Å². The van der Waals surface area contributed by atoms with Gasteiger partial charge in [-0.25, -0.2) is 0 Å². The van der Waals surface area contributed by atoms with Crippen molar-refractivity contribution >= 4 is 5.91 Å². The molecule has 0 aromatic heterocycles. The van der Waals surface area contributed by atoms with E-state index in [1.807, 2.05) is 0 Å². The molecule has 2 unspecified atom stereocenters. The van der Waals surface area contributed by atoms with E-state index in [0.29, 0.717) is 36.6 Å². The molecule has 2 heterocycles. The fraction of sp³-hybridized carbons (Fsp3) is 0.923. The van der Waals surface area contributed by atoms with E-state index < -0.39 is 0 Å². The summed E-state index contributed by atoms with van der Waals surface area (Å²) in [5.41, 5.74) is 0. The highest BCUT2D eigenvalue weighted by Gasteiger charge is 2.42. The molecule has 4 heteroatoms. The van der Waals surface area contributed by atoms with Crippen LogP contribution < -0.4 is 5.32 Å². The van der Waals surface area contributed by atoms with Crippen molar-refractivity contribution in [2.45, 2.75) is 62.8 Å². The van der Waals surface area contributed by atoms with Gasteiger partial charge in [-0.1, -0.05) is 0 Å². The van der Waals surface area contributed by atoms with Crippen LogP contribution in [0.1, 0.15) is 38.5 Å². The lowest BCUT2D eigenvalue weighted by Crippen LogP contribution is -2.53. The van der Waals surface area contributed by atoms with Gasteiger partial charge in [0.25, 0.3) is 0 Å². The highest BCUT2D eigenvalue weighted by Crippen LogP contribution is 2.31. The molecule has 1 amide bonds. The molecule has 3 fully saturated rings. The molecule has 1 N–H and O–H groups in total. The van der Waals surface area contributed by atoms with Crippen molar-refractivity contribution in [3.05, 3.63) is 0 Å². The molecule has 0 spiro atoms. The predicted octanol–water partition coefficient (Wildman–Crippen LogP) is 0.907. The summed E-state index contributed by atoms with van der Waals surface area (Å²) < 4.78 is 5.29. The second-order valence-corrected chi connectivity index (χ2v) is 5.65. The van der Waals surface area contributed by atoms with E-state index in [-0.39, 0.29) is 0 Å². The second-order valence-electron chi connectivity index (χ2n) is 5.65. The number of hydrogen-bond acceptors (Lipinski definition) is 3. The number of amides is 1. The maximum absolute atomic E-state index is 11.9. The van der Waals surface area contributed by atoms with Gasteiger partial charge in [-0.3, -0.25) is 4.79 Å². The van der Waals surface area contributed by atoms with Crippen LogP contribution in [0.3, 0.4) is 0 Å². The quantitative estimate of drug-likeness (QED) is 0.794. The lowest BCUT2D eigenvalue weighted by molar-refractivity contribution is -0.129. The molecule has 2 saturated heterocycles. The Balaban J connectivity index is 1.55. The minimum Gasteiger partial charge on any atom is -0.381 e. The zero-order valence-corrected chi connectivity index (χ0v) is 10.5. The van der Waals surface area contributed by atoms with Crippen LogP contribution in [-0.4, -0.2) is 48.7 Å². The highest BCUT2D eigenvalue weighted by molar-refractivity contribution is 5.80. The van der Waals surface area contributed by atoms with Crippen LogP contribution in [0.4, 0.5) is 0 Å². The monoisotopic (exact) mass is 238 g/mol. The molecule has 4 nitrogen and oxygen atoms in total. The van der Waals surface area contributed by atoms with Gasteiger partial charge in [0.15, 0.2) is 0 Å². The zero-order chi connectivity index (χ0) is 11.8. The smallest absolute Gasteiger partial charge is 0.224 e. The molecule has 1 aliphatic carbocycles. The van der Waals surface area contributed by atoms with Gasteiger partial charge < -0.3 is 15.0 Å². The van der Waals surface area contributed by atoms with Gasteiger partial charge in [0.05, 0.1) is 6.10 Å². The van der Waals surface area contributed by atoms with E-state index in [1.165, 1.54) is 19.3 Å². The average Bonchev–Trinajstić information content (AvgIpc) is 2.61. The van der Waals surface area contributed by atoms with E-state index in [0.717, 1.165) is 19.4 Å². The minimum atomic E-state index is 0.356. The van der Waals surface area contributed by atoms with E-state index in [9.17, 15) is 4.79 Å². The maximum Gasteiger partial charge on any atom is 0.224 e. The number of carbonyl (C=O) groups excluding carboxylic acids is 1. The van der Waals surface area contributed by atoms with Crippen LogP contribution >= 0.6 is 0 Å². The molecule has 3 rings (SSSR count). The standard InChI is InChI=1S/C13H22N2O2/c1-17-10-6-9(7-10)14-11-8-13(16)15-5-3-2-4-12(11)15/h9-12,14H,2-8H2,1H3. The average molecular weight is 238 g/mol. The van der Waals surface area contributed by atoms with Crippen LogP contribution in [0.2, 0.25) is 0 Å². The van der Waals surface area contributed by atoms with Crippen molar-refractivity contribution in [3.8, 4) is 0 Å². The number of nitrogens with one attached hydrogen (secondary N) is 1. The van der Waals surface area contributed by atoms with Gasteiger partial charge in [-0.05, 0) is 32.1 Å². The van der Waals surface area contributed by atoms with Crippen molar-refractivity contribution in [3.63, 3.8) is 0 Å². The van der Waals surface area contributed by atoms with Gasteiger partial charge in [0.2, 0.25) is 5.91 Å². The largest absolute Gasteiger partial charge is 0.381 e. The molecule has 0 radical (unpaired) electrons. The van der Waals surface area contributed by atoms with E-state index in [4.69, 9.17) is 4.74 Å². The van der Waals surface area contributed by atoms with Crippen LogP contribution in [0.5, 0.6) is 0 Å². The Kier molecular flexibility index (Phi) is 3.09. The topological polar surface area (TPSA) is 41.6 Å². The lowest BCUT2D eigenvalue weighted by Gasteiger charge is -2.39. The van der Waals surface area contributed by atoms with Gasteiger partial charge in [-0.2, -0.15) is 0 Å². The molecule has 2 atom stereocenters. The summed E-state index contributed by atoms with van der Waals surface area (Å²) >= 11 is 0. The van der Waals surface area contributed by atoms with Gasteiger partial charge in [-0.15, -0.1) is 0 Å². The number of methoxy groups -OCH3 is 1. The maximum atomic E-state index is 11.9. The number of rotatable bonds is 3. The number of ether oxygens (including phenoxy) is 1. The van der Waals surface area contributed by atoms with Gasteiger partial charge in [0.1, 0.15) is 0 Å². The summed E-state index contributed by atoms with van der Waals surface area (Å²) in [6, 6.07) is 1.43. The molecular weight excluding hydrogens is 216 g/mol. The third-order valence-corrected chi connectivity index (χ3v) is 4.61. The van der Waals surface area contributed by atoms with E-state index in [1.54, 1.807) is 7.11 Å². The SMILES string of the molecule is COC1CC(NC2CC(=O)N3CCCCC23)C1. The Morgan fingerprint density at radius 1 is 1.35 bits per heavy atom. The minimum absolute atomic E-state index is 0.356. The lowest BCUT2D eigenvalue weighted by atomic mass is 9.87. The molecule has 2 aliphatic heterocycles. The van der Waals surface area contributed by atoms with E-state index in [2.05, 4.69) is 10.2 Å². The summed E-state index contributed by atoms with van der Waals surface area (Å²) in [7, 11) is 1.78. The van der Waals surface area contributed by atoms with Crippen molar-refractivity contribution in [2.75, 3.05) is 13.7 Å². The summed E-state index contributed by atoms with van der Waals surface area (Å²) in [6.45, 7) is 0.979. The molecule has 96 valence electrons. The molecular formula is C13H22N2O2. The highest BCUT2D eigenvalue weighted by atomic mass is 16.5. The van der Waals surface area contributed by atoms with Crippen LogP contribution in [0.15, 0.2) is 0 Å². The third-order valence-electron chi connectivity index (χ3n) is 4.61. The fourth-order valence-corrected chi connectivity index (χ4v) is 3.49. The fourth-order valence-electron chi connectivity index (χ4n) is 3.49. The first-order chi connectivity index (χ1) is 8.28. The van der Waals surface area contributed by atoms with E-state index >= 15 is 0 Å². The van der Waals surface area contributed by atoms with Crippen molar-refractivity contribution in [1.82, 2.24) is 10.2 Å². The van der Waals surface area contributed by atoms with Gasteiger partial charge >= 0.3 is 0 Å². The Labute approximate surface area is 103 Å². The zero-order valence-electron chi connectivity index (χ0n) is 10.5. The Morgan fingerprint density at radius 2 is 2.18 bits per heavy atom. The third kappa shape index (κ3) is 2.08. The summed E-state index contributed by atoms with van der Waals surface area (Å²) in [4.78, 5) is 14.0. The second kappa shape index (κ2) is 4.58. The molecule has 3 aliphatic rings. The Morgan fingerprint density at radius 3 is 2.94 bits per heavy atom. The number of carbonyl (C=O) groups is 1. The predicted molar refractivity (Wildman–Crippen MR) is 64.7 cm³/mol. The molecule has 1 saturated carbocycles. The molecule has 0 aromatic rings. The molecule has 0 bridgehead atoms. The summed E-state index contributed by atoms with van der Waals surface area (Å²) in [5.74, 6) is 0.356. The first-order valence-corrected chi connectivity index (χ1v) is 6.86. The summed E-state index contributed by atoms with van der Waals surface area (Å²) in [5, 5.41) is 3.67. The number of hydrogen-bond donors (Lipinski definition) is 1. The first kappa shape index (κ1) is 11.5.